The first-order valence-corrected chi connectivity index (χ1v) is 11.6. The fraction of sp³-hybridized carbons (Fsp3) is 0.435. The Hall–Kier alpha value is -4.17. The first-order chi connectivity index (χ1) is 17.5. The van der Waals surface area contributed by atoms with Gasteiger partial charge in [0.25, 0.3) is 0 Å². The number of nitrogens with one attached hydrogen (secondary N) is 4. The van der Waals surface area contributed by atoms with Gasteiger partial charge in [0.15, 0.2) is 5.96 Å². The van der Waals surface area contributed by atoms with Gasteiger partial charge in [0.2, 0.25) is 17.7 Å². The van der Waals surface area contributed by atoms with Gasteiger partial charge in [0.05, 0.1) is 6.61 Å². The van der Waals surface area contributed by atoms with Crippen LogP contribution in [0, 0.1) is 0 Å². The van der Waals surface area contributed by atoms with Gasteiger partial charge < -0.3 is 48.3 Å². The quantitative estimate of drug-likeness (QED) is 0.0735. The molecule has 14 heteroatoms. The van der Waals surface area contributed by atoms with E-state index in [1.54, 1.807) is 6.20 Å². The minimum absolute atomic E-state index is 0.0221. The van der Waals surface area contributed by atoms with Crippen molar-refractivity contribution in [2.45, 2.75) is 50.4 Å². The molecular weight excluding hydrogens is 484 g/mol. The lowest BCUT2D eigenvalue weighted by Gasteiger charge is -2.23. The van der Waals surface area contributed by atoms with Crippen molar-refractivity contribution in [3.8, 4) is 0 Å². The van der Waals surface area contributed by atoms with E-state index in [4.69, 9.17) is 22.3 Å². The number of hydrogen-bond donors (Lipinski definition) is 9. The molecule has 1 heterocycles. The summed E-state index contributed by atoms with van der Waals surface area (Å²) in [6, 6.07) is 2.65. The van der Waals surface area contributed by atoms with Crippen LogP contribution < -0.4 is 33.2 Å². The molecule has 0 bridgehead atoms. The van der Waals surface area contributed by atoms with Gasteiger partial charge in [-0.3, -0.25) is 19.4 Å². The number of fused-ring (bicyclic) bond motifs is 1. The van der Waals surface area contributed by atoms with Crippen molar-refractivity contribution in [1.82, 2.24) is 20.9 Å². The van der Waals surface area contributed by atoms with Gasteiger partial charge in [0.1, 0.15) is 24.2 Å². The van der Waals surface area contributed by atoms with Gasteiger partial charge in [-0.05, 0) is 31.4 Å². The zero-order chi connectivity index (χ0) is 27.5. The second-order valence-corrected chi connectivity index (χ2v) is 8.49. The van der Waals surface area contributed by atoms with E-state index in [1.165, 1.54) is 6.92 Å². The molecule has 2 aromatic rings. The van der Waals surface area contributed by atoms with Crippen molar-refractivity contribution in [3.05, 3.63) is 36.0 Å². The number of carboxylic acid groups (broad SMARTS) is 1. The molecule has 3 amide bonds. The Morgan fingerprint density at radius 1 is 1.03 bits per heavy atom. The molecule has 0 aliphatic rings. The Kier molecular flexibility index (Phi) is 10.8. The Morgan fingerprint density at radius 3 is 2.35 bits per heavy atom. The largest absolute Gasteiger partial charge is 0.480 e. The van der Waals surface area contributed by atoms with E-state index >= 15 is 0 Å². The maximum Gasteiger partial charge on any atom is 0.326 e. The molecule has 12 N–H and O–H groups in total. The van der Waals surface area contributed by atoms with Gasteiger partial charge in [-0.25, -0.2) is 4.79 Å². The molecule has 37 heavy (non-hydrogen) atoms. The first-order valence-electron chi connectivity index (χ1n) is 11.6. The van der Waals surface area contributed by atoms with E-state index in [2.05, 4.69) is 25.9 Å². The first kappa shape index (κ1) is 29.1. The number of carboxylic acids is 1. The highest BCUT2D eigenvalue weighted by Gasteiger charge is 2.28. The molecule has 0 aliphatic carbocycles. The van der Waals surface area contributed by atoms with E-state index in [0.29, 0.717) is 12.0 Å². The summed E-state index contributed by atoms with van der Waals surface area (Å²) in [5, 5.41) is 26.9. The van der Waals surface area contributed by atoms with Crippen molar-refractivity contribution in [2.24, 2.45) is 22.2 Å². The summed E-state index contributed by atoms with van der Waals surface area (Å²) in [5.41, 5.74) is 17.6. The predicted molar refractivity (Wildman–Crippen MR) is 136 cm³/mol. The molecule has 0 spiro atoms. The number of carbonyl (C=O) groups excluding carboxylic acids is 3. The van der Waals surface area contributed by atoms with Gasteiger partial charge >= 0.3 is 5.97 Å². The molecule has 2 rings (SSSR count). The molecular formula is C23H34N8O6. The normalized spacial score (nSPS) is 14.1. The maximum absolute atomic E-state index is 12.8. The number of carbonyl (C=O) groups is 4. The number of hydrogen-bond acceptors (Lipinski definition) is 7. The Morgan fingerprint density at radius 2 is 1.70 bits per heavy atom. The van der Waals surface area contributed by atoms with Crippen molar-refractivity contribution in [3.63, 3.8) is 0 Å². The van der Waals surface area contributed by atoms with E-state index in [1.807, 2.05) is 24.3 Å². The number of aliphatic carboxylic acids is 1. The third-order valence-corrected chi connectivity index (χ3v) is 5.58. The van der Waals surface area contributed by atoms with Crippen LogP contribution in [0.1, 0.15) is 25.3 Å². The number of rotatable bonds is 14. The number of nitrogens with zero attached hydrogens (tertiary/aromatic N) is 1. The van der Waals surface area contributed by atoms with Crippen molar-refractivity contribution < 1.29 is 29.4 Å². The summed E-state index contributed by atoms with van der Waals surface area (Å²) in [6.45, 7) is 0.952. The predicted octanol–water partition coefficient (Wildman–Crippen LogP) is -2.36. The average Bonchev–Trinajstić information content (AvgIpc) is 3.27. The van der Waals surface area contributed by atoms with E-state index in [9.17, 15) is 24.3 Å². The van der Waals surface area contributed by atoms with Crippen molar-refractivity contribution in [2.75, 3.05) is 13.2 Å². The van der Waals surface area contributed by atoms with Gasteiger partial charge in [-0.1, -0.05) is 18.2 Å². The fourth-order valence-corrected chi connectivity index (χ4v) is 3.53. The molecule has 0 radical (unpaired) electrons. The Labute approximate surface area is 213 Å². The summed E-state index contributed by atoms with van der Waals surface area (Å²) >= 11 is 0. The van der Waals surface area contributed by atoms with Crippen LogP contribution in [0.15, 0.2) is 35.5 Å². The molecule has 0 aliphatic heterocycles. The molecule has 202 valence electrons. The Bertz CT molecular complexity index is 1130. The van der Waals surface area contributed by atoms with Crippen LogP contribution in [0.3, 0.4) is 0 Å². The van der Waals surface area contributed by atoms with Crippen molar-refractivity contribution >= 4 is 40.6 Å². The minimum Gasteiger partial charge on any atom is -0.480 e. The lowest BCUT2D eigenvalue weighted by Crippen LogP contribution is -2.56. The molecule has 0 fully saturated rings. The smallest absolute Gasteiger partial charge is 0.326 e. The van der Waals surface area contributed by atoms with E-state index in [-0.39, 0.29) is 25.3 Å². The zero-order valence-corrected chi connectivity index (χ0v) is 20.4. The highest BCUT2D eigenvalue weighted by molar-refractivity contribution is 5.94. The van der Waals surface area contributed by atoms with Crippen LogP contribution in [-0.4, -0.2) is 82.2 Å². The number of aliphatic hydroxyl groups excluding tert-OH is 1. The third-order valence-electron chi connectivity index (χ3n) is 5.58. The highest BCUT2D eigenvalue weighted by atomic mass is 16.4. The highest BCUT2D eigenvalue weighted by Crippen LogP contribution is 2.19. The van der Waals surface area contributed by atoms with Gasteiger partial charge in [-0.2, -0.15) is 0 Å². The number of amides is 3. The molecule has 0 saturated carbocycles. The number of aliphatic hydroxyl groups is 1. The second kappa shape index (κ2) is 13.8. The number of benzene rings is 1. The van der Waals surface area contributed by atoms with Crippen LogP contribution in [0.25, 0.3) is 10.9 Å². The lowest BCUT2D eigenvalue weighted by atomic mass is 10.0. The van der Waals surface area contributed by atoms with E-state index < -0.39 is 54.5 Å². The summed E-state index contributed by atoms with van der Waals surface area (Å²) in [4.78, 5) is 56.4. The van der Waals surface area contributed by atoms with Crippen LogP contribution in [0.2, 0.25) is 0 Å². The SMILES string of the molecule is CC(NC(=O)C(CCCN=C(N)N)NC(=O)C(N)CO)C(=O)NC(Cc1c[nH]c2ccccc12)C(=O)O. The number of para-hydroxylation sites is 1. The minimum atomic E-state index is -1.25. The summed E-state index contributed by atoms with van der Waals surface area (Å²) in [7, 11) is 0. The molecule has 14 nitrogen and oxygen atoms in total. The second-order valence-electron chi connectivity index (χ2n) is 8.49. The van der Waals surface area contributed by atoms with Crippen LogP contribution in [0.5, 0.6) is 0 Å². The number of nitrogens with two attached hydrogens (primary N) is 3. The number of aromatic amines is 1. The van der Waals surface area contributed by atoms with Gasteiger partial charge in [0, 0.05) is 30.1 Å². The summed E-state index contributed by atoms with van der Waals surface area (Å²) in [5.74, 6) is -3.54. The van der Waals surface area contributed by atoms with Gasteiger partial charge in [-0.15, -0.1) is 0 Å². The zero-order valence-electron chi connectivity index (χ0n) is 20.4. The van der Waals surface area contributed by atoms with Crippen LogP contribution in [0.4, 0.5) is 0 Å². The number of aliphatic imine (C=N–C) groups is 1. The van der Waals surface area contributed by atoms with Crippen LogP contribution >= 0.6 is 0 Å². The monoisotopic (exact) mass is 518 g/mol. The summed E-state index contributed by atoms with van der Waals surface area (Å²) in [6.07, 6.45) is 2.13. The molecule has 4 unspecified atom stereocenters. The van der Waals surface area contributed by atoms with E-state index in [0.717, 1.165) is 10.9 Å². The number of guanidine groups is 1. The van der Waals surface area contributed by atoms with Crippen molar-refractivity contribution in [1.29, 1.82) is 0 Å². The lowest BCUT2D eigenvalue weighted by molar-refractivity contribution is -0.142. The molecule has 0 saturated heterocycles. The number of H-pyrrole nitrogens is 1. The maximum atomic E-state index is 12.8. The summed E-state index contributed by atoms with van der Waals surface area (Å²) < 4.78 is 0. The average molecular weight is 519 g/mol. The molecule has 1 aromatic carbocycles. The van der Waals surface area contributed by atoms with Crippen LogP contribution in [-0.2, 0) is 25.6 Å². The topological polar surface area (TPSA) is 251 Å². The Balaban J connectivity index is 2.04. The molecule has 4 atom stereocenters. The standard InChI is InChI=1S/C23H34N8O6/c1-12(29-21(35)17(7-4-8-27-23(25)26)30-20(34)15(24)11-32)19(33)31-18(22(36)37)9-13-10-28-16-6-3-2-5-14(13)16/h2-3,5-6,10,12,15,17-18,28,32H,4,7-9,11,24H2,1H3,(H,29,35)(H,30,34)(H,31,33)(H,36,37)(H4,25,26,27). The molecule has 1 aromatic heterocycles. The number of aromatic nitrogens is 1. The fourth-order valence-electron chi connectivity index (χ4n) is 3.53. The third kappa shape index (κ3) is 8.77.